The molecule has 1 aliphatic heterocycles. The summed E-state index contributed by atoms with van der Waals surface area (Å²) in [5, 5.41) is 2.64. The van der Waals surface area contributed by atoms with Crippen LogP contribution in [0, 0.1) is 11.8 Å². The Morgan fingerprint density at radius 2 is 1.75 bits per heavy atom. The van der Waals surface area contributed by atoms with Crippen LogP contribution in [0.4, 0.5) is 0 Å². The molecule has 1 heterocycles. The summed E-state index contributed by atoms with van der Waals surface area (Å²) in [5.41, 5.74) is 0. The van der Waals surface area contributed by atoms with Gasteiger partial charge in [-0.3, -0.25) is 9.59 Å². The zero-order valence-electron chi connectivity index (χ0n) is 10.6. The van der Waals surface area contributed by atoms with Crippen molar-refractivity contribution in [3.63, 3.8) is 0 Å². The Labute approximate surface area is 97.4 Å². The van der Waals surface area contributed by atoms with Gasteiger partial charge in [-0.25, -0.2) is 0 Å². The minimum atomic E-state index is -0.407. The molecule has 0 aliphatic carbocycles. The summed E-state index contributed by atoms with van der Waals surface area (Å²) >= 11 is 0. The van der Waals surface area contributed by atoms with E-state index in [1.54, 1.807) is 6.92 Å². The predicted molar refractivity (Wildman–Crippen MR) is 62.8 cm³/mol. The molecular formula is C12H22N2O2. The van der Waals surface area contributed by atoms with Crippen LogP contribution in [0.15, 0.2) is 0 Å². The number of hydrogen-bond acceptors (Lipinski definition) is 2. The number of nitrogens with zero attached hydrogens (tertiary/aromatic N) is 1. The van der Waals surface area contributed by atoms with Gasteiger partial charge in [-0.05, 0) is 25.2 Å². The van der Waals surface area contributed by atoms with Gasteiger partial charge in [0.05, 0.1) is 0 Å². The van der Waals surface area contributed by atoms with E-state index in [0.717, 1.165) is 13.1 Å². The summed E-state index contributed by atoms with van der Waals surface area (Å²) in [5.74, 6) is 0.988. The van der Waals surface area contributed by atoms with Gasteiger partial charge in [-0.1, -0.05) is 13.8 Å². The third-order valence-corrected chi connectivity index (χ3v) is 2.97. The molecule has 0 saturated carbocycles. The highest BCUT2D eigenvalue weighted by molar-refractivity contribution is 5.86. The van der Waals surface area contributed by atoms with Gasteiger partial charge in [0.2, 0.25) is 11.8 Å². The lowest BCUT2D eigenvalue weighted by atomic mass is 9.91. The molecule has 4 heteroatoms. The van der Waals surface area contributed by atoms with Crippen molar-refractivity contribution in [2.45, 2.75) is 40.2 Å². The second kappa shape index (κ2) is 5.32. The van der Waals surface area contributed by atoms with Gasteiger partial charge >= 0.3 is 0 Å². The monoisotopic (exact) mass is 226 g/mol. The minimum Gasteiger partial charge on any atom is -0.345 e. The Morgan fingerprint density at radius 3 is 2.19 bits per heavy atom. The van der Waals surface area contributed by atoms with Gasteiger partial charge < -0.3 is 10.2 Å². The third-order valence-electron chi connectivity index (χ3n) is 2.97. The van der Waals surface area contributed by atoms with Crippen molar-refractivity contribution in [3.8, 4) is 0 Å². The number of nitrogens with one attached hydrogen (secondary N) is 1. The lowest BCUT2D eigenvalue weighted by Gasteiger charge is -2.36. The highest BCUT2D eigenvalue weighted by atomic mass is 16.2. The van der Waals surface area contributed by atoms with Crippen molar-refractivity contribution in [2.75, 3.05) is 13.1 Å². The highest BCUT2D eigenvalue weighted by Crippen LogP contribution is 2.21. The SMILES string of the molecule is CC(=O)N[C@H](C)C(=O)N1C[C@H](C)C[C@H](C)C1. The molecule has 2 amide bonds. The number of hydrogen-bond donors (Lipinski definition) is 1. The molecule has 0 spiro atoms. The first kappa shape index (κ1) is 13.0. The van der Waals surface area contributed by atoms with Crippen LogP contribution in [0.5, 0.6) is 0 Å². The number of carbonyl (C=O) groups excluding carboxylic acids is 2. The van der Waals surface area contributed by atoms with E-state index in [9.17, 15) is 9.59 Å². The number of carbonyl (C=O) groups is 2. The summed E-state index contributed by atoms with van der Waals surface area (Å²) in [4.78, 5) is 24.8. The summed E-state index contributed by atoms with van der Waals surface area (Å²) in [6.07, 6.45) is 1.18. The molecule has 1 N–H and O–H groups in total. The van der Waals surface area contributed by atoms with Crippen molar-refractivity contribution < 1.29 is 9.59 Å². The minimum absolute atomic E-state index is 0.0357. The molecule has 92 valence electrons. The maximum atomic E-state index is 12.0. The zero-order chi connectivity index (χ0) is 12.3. The predicted octanol–water partition coefficient (Wildman–Crippen LogP) is 1.02. The molecular weight excluding hydrogens is 204 g/mol. The fraction of sp³-hybridized carbons (Fsp3) is 0.833. The first-order chi connectivity index (χ1) is 7.40. The van der Waals surface area contributed by atoms with Gasteiger partial charge in [-0.15, -0.1) is 0 Å². The molecule has 1 fully saturated rings. The molecule has 1 saturated heterocycles. The van der Waals surface area contributed by atoms with Gasteiger partial charge in [0.1, 0.15) is 6.04 Å². The van der Waals surface area contributed by atoms with Crippen LogP contribution >= 0.6 is 0 Å². The molecule has 1 aliphatic rings. The molecule has 0 bridgehead atoms. The molecule has 0 aromatic heterocycles. The summed E-state index contributed by atoms with van der Waals surface area (Å²) in [6.45, 7) is 9.14. The van der Waals surface area contributed by atoms with E-state index in [0.29, 0.717) is 11.8 Å². The first-order valence-corrected chi connectivity index (χ1v) is 5.96. The zero-order valence-corrected chi connectivity index (χ0v) is 10.6. The molecule has 0 unspecified atom stereocenters. The van der Waals surface area contributed by atoms with Gasteiger partial charge in [0, 0.05) is 20.0 Å². The standard InChI is InChI=1S/C12H22N2O2/c1-8-5-9(2)7-14(6-8)12(16)10(3)13-11(4)15/h8-10H,5-7H2,1-4H3,(H,13,15)/t8-,9+,10-/m1/s1. The third kappa shape index (κ3) is 3.51. The number of piperidine rings is 1. The molecule has 0 aromatic carbocycles. The second-order valence-corrected chi connectivity index (χ2v) is 5.11. The Morgan fingerprint density at radius 1 is 1.25 bits per heavy atom. The largest absolute Gasteiger partial charge is 0.345 e. The molecule has 16 heavy (non-hydrogen) atoms. The van der Waals surface area contributed by atoms with E-state index >= 15 is 0 Å². The molecule has 3 atom stereocenters. The average molecular weight is 226 g/mol. The molecule has 1 rings (SSSR count). The van der Waals surface area contributed by atoms with Crippen LogP contribution in [0.2, 0.25) is 0 Å². The van der Waals surface area contributed by atoms with Crippen LogP contribution in [-0.2, 0) is 9.59 Å². The van der Waals surface area contributed by atoms with Gasteiger partial charge in [-0.2, -0.15) is 0 Å². The van der Waals surface area contributed by atoms with Gasteiger partial charge in [0.25, 0.3) is 0 Å². The van der Waals surface area contributed by atoms with E-state index in [-0.39, 0.29) is 11.8 Å². The summed E-state index contributed by atoms with van der Waals surface area (Å²) in [7, 11) is 0. The Kier molecular flexibility index (Phi) is 4.33. The Bertz CT molecular complexity index is 268. The Balaban J connectivity index is 2.55. The summed E-state index contributed by atoms with van der Waals surface area (Å²) < 4.78 is 0. The van der Waals surface area contributed by atoms with Crippen molar-refractivity contribution in [1.29, 1.82) is 0 Å². The van der Waals surface area contributed by atoms with Crippen LogP contribution in [0.1, 0.15) is 34.1 Å². The lowest BCUT2D eigenvalue weighted by Crippen LogP contribution is -2.50. The molecule has 0 aromatic rings. The average Bonchev–Trinajstić information content (AvgIpc) is 2.13. The highest BCUT2D eigenvalue weighted by Gasteiger charge is 2.28. The quantitative estimate of drug-likeness (QED) is 0.764. The number of likely N-dealkylation sites (tertiary alicyclic amines) is 1. The topological polar surface area (TPSA) is 49.4 Å². The second-order valence-electron chi connectivity index (χ2n) is 5.11. The first-order valence-electron chi connectivity index (χ1n) is 5.96. The van der Waals surface area contributed by atoms with E-state index in [1.807, 2.05) is 4.90 Å². The smallest absolute Gasteiger partial charge is 0.244 e. The fourth-order valence-corrected chi connectivity index (χ4v) is 2.48. The van der Waals surface area contributed by atoms with Crippen LogP contribution in [0.25, 0.3) is 0 Å². The maximum Gasteiger partial charge on any atom is 0.244 e. The lowest BCUT2D eigenvalue weighted by molar-refractivity contribution is -0.137. The Hall–Kier alpha value is -1.06. The van der Waals surface area contributed by atoms with Crippen molar-refractivity contribution >= 4 is 11.8 Å². The number of amides is 2. The van der Waals surface area contributed by atoms with Crippen LogP contribution in [-0.4, -0.2) is 35.8 Å². The molecule has 0 radical (unpaired) electrons. The van der Waals surface area contributed by atoms with E-state index in [2.05, 4.69) is 19.2 Å². The maximum absolute atomic E-state index is 12.0. The van der Waals surface area contributed by atoms with Crippen molar-refractivity contribution in [2.24, 2.45) is 11.8 Å². The van der Waals surface area contributed by atoms with Crippen molar-refractivity contribution in [1.82, 2.24) is 10.2 Å². The fourth-order valence-electron chi connectivity index (χ4n) is 2.48. The van der Waals surface area contributed by atoms with Crippen LogP contribution < -0.4 is 5.32 Å². The van der Waals surface area contributed by atoms with Crippen LogP contribution in [0.3, 0.4) is 0 Å². The van der Waals surface area contributed by atoms with E-state index in [1.165, 1.54) is 13.3 Å². The number of rotatable bonds is 2. The van der Waals surface area contributed by atoms with E-state index < -0.39 is 6.04 Å². The van der Waals surface area contributed by atoms with Crippen molar-refractivity contribution in [3.05, 3.63) is 0 Å². The summed E-state index contributed by atoms with van der Waals surface area (Å²) in [6, 6.07) is -0.407. The van der Waals surface area contributed by atoms with Gasteiger partial charge in [0.15, 0.2) is 0 Å². The molecule has 4 nitrogen and oxygen atoms in total. The normalized spacial score (nSPS) is 27.4. The van der Waals surface area contributed by atoms with E-state index in [4.69, 9.17) is 0 Å².